The number of ether oxygens (including phenoxy) is 2. The molecule has 2 aromatic carbocycles. The van der Waals surface area contributed by atoms with E-state index in [0.717, 1.165) is 5.69 Å². The van der Waals surface area contributed by atoms with Crippen LogP contribution < -0.4 is 25.8 Å². The molecule has 0 saturated carbocycles. The maximum Gasteiger partial charge on any atom is 0.221 e. The van der Waals surface area contributed by atoms with Gasteiger partial charge in [-0.2, -0.15) is 0 Å². The predicted octanol–water partition coefficient (Wildman–Crippen LogP) is 1.64. The molecule has 2 rings (SSSR count). The number of aliphatic hydroxyl groups is 1. The van der Waals surface area contributed by atoms with Crippen LogP contribution in [0.3, 0.4) is 0 Å². The number of anilines is 2. The van der Waals surface area contributed by atoms with Crippen molar-refractivity contribution in [1.82, 2.24) is 5.32 Å². The summed E-state index contributed by atoms with van der Waals surface area (Å²) in [4.78, 5) is 11.0. The largest absolute Gasteiger partial charge is 0.492 e. The topological polar surface area (TPSA) is 106 Å². The second-order valence-corrected chi connectivity index (χ2v) is 5.80. The molecule has 0 aromatic heterocycles. The Morgan fingerprint density at radius 1 is 1.15 bits per heavy atom. The summed E-state index contributed by atoms with van der Waals surface area (Å²) in [6, 6.07) is 14.2. The monoisotopic (exact) mass is 359 g/mol. The van der Waals surface area contributed by atoms with Crippen LogP contribution in [0.1, 0.15) is 6.92 Å². The minimum absolute atomic E-state index is 0.110. The molecule has 0 aliphatic rings. The van der Waals surface area contributed by atoms with Crippen molar-refractivity contribution >= 4 is 17.3 Å². The first-order valence-electron chi connectivity index (χ1n) is 8.40. The zero-order valence-electron chi connectivity index (χ0n) is 14.8. The van der Waals surface area contributed by atoms with Gasteiger partial charge in [-0.15, -0.1) is 0 Å². The van der Waals surface area contributed by atoms with Gasteiger partial charge in [-0.3, -0.25) is 4.79 Å². The van der Waals surface area contributed by atoms with Gasteiger partial charge in [-0.1, -0.05) is 6.07 Å². The van der Waals surface area contributed by atoms with Crippen molar-refractivity contribution in [3.05, 3.63) is 48.5 Å². The first-order valence-corrected chi connectivity index (χ1v) is 8.40. The number of carbonyl (C=O) groups excluding carboxylic acids is 1. The molecule has 0 aliphatic heterocycles. The number of aliphatic hydroxyl groups excluding tert-OH is 1. The van der Waals surface area contributed by atoms with Crippen LogP contribution in [0.4, 0.5) is 11.4 Å². The highest BCUT2D eigenvalue weighted by Crippen LogP contribution is 2.15. The van der Waals surface area contributed by atoms with E-state index in [-0.39, 0.29) is 12.5 Å². The summed E-state index contributed by atoms with van der Waals surface area (Å²) in [5.74, 6) is 1.24. The molecule has 7 nitrogen and oxygen atoms in total. The molecule has 1 unspecified atom stereocenters. The third kappa shape index (κ3) is 7.42. The molecular formula is C19H25N3O4. The second-order valence-electron chi connectivity index (χ2n) is 5.80. The average Bonchev–Trinajstić information content (AvgIpc) is 2.61. The summed E-state index contributed by atoms with van der Waals surface area (Å²) in [6.07, 6.45) is -0.631. The molecule has 2 aromatic rings. The summed E-state index contributed by atoms with van der Waals surface area (Å²) < 4.78 is 11.1. The highest BCUT2D eigenvalue weighted by molar-refractivity contribution is 5.88. The van der Waals surface area contributed by atoms with Crippen LogP contribution in [0.15, 0.2) is 48.5 Å². The lowest BCUT2D eigenvalue weighted by molar-refractivity contribution is -0.114. The lowest BCUT2D eigenvalue weighted by atomic mass is 10.3. The Morgan fingerprint density at radius 2 is 1.92 bits per heavy atom. The van der Waals surface area contributed by atoms with E-state index in [9.17, 15) is 9.90 Å². The molecule has 0 bridgehead atoms. The molecule has 1 atom stereocenters. The Labute approximate surface area is 153 Å². The van der Waals surface area contributed by atoms with Gasteiger partial charge in [0.15, 0.2) is 0 Å². The number of amides is 1. The Kier molecular flexibility index (Phi) is 7.73. The van der Waals surface area contributed by atoms with Gasteiger partial charge in [0, 0.05) is 37.5 Å². The quantitative estimate of drug-likeness (QED) is 0.380. The molecule has 0 radical (unpaired) electrons. The first-order chi connectivity index (χ1) is 12.5. The highest BCUT2D eigenvalue weighted by Gasteiger charge is 2.05. The molecule has 0 spiro atoms. The molecule has 0 fully saturated rings. The smallest absolute Gasteiger partial charge is 0.221 e. The van der Waals surface area contributed by atoms with Crippen LogP contribution in [-0.2, 0) is 4.79 Å². The number of hydrogen-bond donors (Lipinski definition) is 4. The third-order valence-electron chi connectivity index (χ3n) is 3.40. The van der Waals surface area contributed by atoms with E-state index in [2.05, 4.69) is 10.6 Å². The van der Waals surface area contributed by atoms with Crippen LogP contribution >= 0.6 is 0 Å². The number of nitrogens with one attached hydrogen (secondary N) is 2. The fourth-order valence-corrected chi connectivity index (χ4v) is 2.20. The number of rotatable bonds is 10. The van der Waals surface area contributed by atoms with Crippen molar-refractivity contribution in [3.63, 3.8) is 0 Å². The van der Waals surface area contributed by atoms with Crippen LogP contribution in [0.25, 0.3) is 0 Å². The van der Waals surface area contributed by atoms with Gasteiger partial charge in [0.25, 0.3) is 0 Å². The third-order valence-corrected chi connectivity index (χ3v) is 3.40. The van der Waals surface area contributed by atoms with Crippen molar-refractivity contribution in [1.29, 1.82) is 0 Å². The zero-order chi connectivity index (χ0) is 18.8. The van der Waals surface area contributed by atoms with Gasteiger partial charge < -0.3 is 30.9 Å². The number of nitrogen functional groups attached to an aromatic ring is 1. The predicted molar refractivity (Wildman–Crippen MR) is 101 cm³/mol. The van der Waals surface area contributed by atoms with E-state index in [0.29, 0.717) is 36.9 Å². The molecule has 0 aliphatic carbocycles. The maximum absolute atomic E-state index is 11.0. The van der Waals surface area contributed by atoms with Crippen LogP contribution in [0, 0.1) is 0 Å². The zero-order valence-corrected chi connectivity index (χ0v) is 14.8. The summed E-state index contributed by atoms with van der Waals surface area (Å²) in [6.45, 7) is 3.09. The molecular weight excluding hydrogens is 334 g/mol. The Bertz CT molecular complexity index is 691. The second kappa shape index (κ2) is 10.3. The van der Waals surface area contributed by atoms with Crippen molar-refractivity contribution in [2.45, 2.75) is 13.0 Å². The van der Waals surface area contributed by atoms with Crippen molar-refractivity contribution in [2.24, 2.45) is 0 Å². The van der Waals surface area contributed by atoms with Crippen molar-refractivity contribution in [3.8, 4) is 11.5 Å². The van der Waals surface area contributed by atoms with Crippen molar-refractivity contribution < 1.29 is 19.4 Å². The minimum Gasteiger partial charge on any atom is -0.492 e. The minimum atomic E-state index is -0.631. The van der Waals surface area contributed by atoms with Gasteiger partial charge in [0.1, 0.15) is 30.8 Å². The molecule has 7 heteroatoms. The Balaban J connectivity index is 1.57. The number of benzene rings is 2. The standard InChI is InChI=1S/C19H25N3O4/c1-14(23)22-16-5-7-18(8-6-16)25-10-9-21-12-17(24)13-26-19-4-2-3-15(20)11-19/h2-8,11,17,21,24H,9-10,12-13,20H2,1H3,(H,22,23). The van der Waals surface area contributed by atoms with Crippen molar-refractivity contribution in [2.75, 3.05) is 37.4 Å². The SMILES string of the molecule is CC(=O)Nc1ccc(OCCNCC(O)COc2cccc(N)c2)cc1. The first kappa shape index (κ1) is 19.6. The maximum atomic E-state index is 11.0. The van der Waals surface area contributed by atoms with E-state index in [1.807, 2.05) is 0 Å². The summed E-state index contributed by atoms with van der Waals surface area (Å²) in [7, 11) is 0. The summed E-state index contributed by atoms with van der Waals surface area (Å²) >= 11 is 0. The van der Waals surface area contributed by atoms with Crippen LogP contribution in [0.2, 0.25) is 0 Å². The lowest BCUT2D eigenvalue weighted by Crippen LogP contribution is -2.33. The number of hydrogen-bond acceptors (Lipinski definition) is 6. The van der Waals surface area contributed by atoms with Crippen LogP contribution in [-0.4, -0.2) is 43.4 Å². The van der Waals surface area contributed by atoms with Gasteiger partial charge in [-0.25, -0.2) is 0 Å². The number of nitrogens with two attached hydrogens (primary N) is 1. The average molecular weight is 359 g/mol. The van der Waals surface area contributed by atoms with Gasteiger partial charge >= 0.3 is 0 Å². The number of carbonyl (C=O) groups is 1. The summed E-state index contributed by atoms with van der Waals surface area (Å²) in [5.41, 5.74) is 7.02. The molecule has 1 amide bonds. The van der Waals surface area contributed by atoms with Crippen LogP contribution in [0.5, 0.6) is 11.5 Å². The lowest BCUT2D eigenvalue weighted by Gasteiger charge is -2.14. The van der Waals surface area contributed by atoms with Gasteiger partial charge in [0.05, 0.1) is 0 Å². The fourth-order valence-electron chi connectivity index (χ4n) is 2.20. The highest BCUT2D eigenvalue weighted by atomic mass is 16.5. The fraction of sp³-hybridized carbons (Fsp3) is 0.316. The molecule has 0 saturated heterocycles. The van der Waals surface area contributed by atoms with Gasteiger partial charge in [-0.05, 0) is 36.4 Å². The van der Waals surface area contributed by atoms with E-state index in [1.54, 1.807) is 48.5 Å². The van der Waals surface area contributed by atoms with Gasteiger partial charge in [0.2, 0.25) is 5.91 Å². The van der Waals surface area contributed by atoms with E-state index in [4.69, 9.17) is 15.2 Å². The molecule has 140 valence electrons. The normalized spacial score (nSPS) is 11.6. The molecule has 5 N–H and O–H groups in total. The Morgan fingerprint density at radius 3 is 2.62 bits per heavy atom. The molecule has 26 heavy (non-hydrogen) atoms. The summed E-state index contributed by atoms with van der Waals surface area (Å²) in [5, 5.41) is 15.7. The van der Waals surface area contributed by atoms with E-state index < -0.39 is 6.10 Å². The van der Waals surface area contributed by atoms with E-state index in [1.165, 1.54) is 6.92 Å². The Hall–Kier alpha value is -2.77. The molecule has 0 heterocycles. The van der Waals surface area contributed by atoms with E-state index >= 15 is 0 Å².